The van der Waals surface area contributed by atoms with Crippen molar-refractivity contribution in [3.63, 3.8) is 0 Å². The number of anilines is 1. The van der Waals surface area contributed by atoms with Gasteiger partial charge < -0.3 is 10.4 Å². The lowest BCUT2D eigenvalue weighted by Crippen LogP contribution is -2.53. The van der Waals surface area contributed by atoms with E-state index in [1.165, 1.54) is 0 Å². The SMILES string of the molecule is O=C(NC(=O)c1ccc(F)cc1F)Nc1ccc(C(O)(C(F)(F)F)C(F)(F)F)cc1. The third-order valence-electron chi connectivity index (χ3n) is 3.78. The maximum Gasteiger partial charge on any atom is 0.430 e. The molecule has 0 unspecified atom stereocenters. The van der Waals surface area contributed by atoms with Crippen molar-refractivity contribution in [3.05, 3.63) is 65.2 Å². The van der Waals surface area contributed by atoms with Crippen LogP contribution in [0.5, 0.6) is 0 Å². The lowest BCUT2D eigenvalue weighted by molar-refractivity contribution is -0.376. The molecule has 0 saturated heterocycles. The number of imide groups is 1. The fourth-order valence-electron chi connectivity index (χ4n) is 2.29. The van der Waals surface area contributed by atoms with Crippen LogP contribution in [0.4, 0.5) is 45.6 Å². The number of carbonyl (C=O) groups excluding carboxylic acids is 2. The number of halogens is 8. The molecule has 2 aromatic carbocycles. The van der Waals surface area contributed by atoms with Gasteiger partial charge in [-0.25, -0.2) is 13.6 Å². The number of nitrogens with one attached hydrogen (secondary N) is 2. The number of amides is 3. The lowest BCUT2D eigenvalue weighted by atomic mass is 9.92. The first kappa shape index (κ1) is 23.1. The first-order valence-corrected chi connectivity index (χ1v) is 7.70. The minimum Gasteiger partial charge on any atom is -0.369 e. The Morgan fingerprint density at radius 1 is 0.833 bits per heavy atom. The van der Waals surface area contributed by atoms with Crippen molar-refractivity contribution in [3.8, 4) is 0 Å². The van der Waals surface area contributed by atoms with Gasteiger partial charge in [-0.2, -0.15) is 26.3 Å². The van der Waals surface area contributed by atoms with Crippen LogP contribution in [-0.4, -0.2) is 29.4 Å². The molecule has 2 aromatic rings. The van der Waals surface area contributed by atoms with Crippen molar-refractivity contribution in [1.29, 1.82) is 0 Å². The minimum absolute atomic E-state index is 0.276. The second-order valence-corrected chi connectivity index (χ2v) is 5.82. The topological polar surface area (TPSA) is 78.4 Å². The molecule has 0 radical (unpaired) electrons. The van der Waals surface area contributed by atoms with Crippen LogP contribution >= 0.6 is 0 Å². The maximum absolute atomic E-state index is 13.5. The Labute approximate surface area is 162 Å². The normalized spacial score (nSPS) is 12.4. The van der Waals surface area contributed by atoms with Gasteiger partial charge in [-0.15, -0.1) is 0 Å². The van der Waals surface area contributed by atoms with Crippen LogP contribution in [0.25, 0.3) is 0 Å². The Kier molecular flexibility index (Phi) is 6.07. The van der Waals surface area contributed by atoms with Crippen LogP contribution < -0.4 is 10.6 Å². The minimum atomic E-state index is -6.08. The van der Waals surface area contributed by atoms with Crippen molar-refractivity contribution in [2.45, 2.75) is 18.0 Å². The summed E-state index contributed by atoms with van der Waals surface area (Å²) in [7, 11) is 0. The van der Waals surface area contributed by atoms with E-state index in [0.29, 0.717) is 18.2 Å². The van der Waals surface area contributed by atoms with Crippen LogP contribution in [0.2, 0.25) is 0 Å². The number of aliphatic hydroxyl groups is 1. The zero-order valence-electron chi connectivity index (χ0n) is 14.3. The molecule has 0 atom stereocenters. The Bertz CT molecular complexity index is 941. The molecule has 2 rings (SSSR count). The van der Waals surface area contributed by atoms with Gasteiger partial charge in [-0.05, 0) is 24.3 Å². The highest BCUT2D eigenvalue weighted by atomic mass is 19.4. The van der Waals surface area contributed by atoms with E-state index in [4.69, 9.17) is 0 Å². The van der Waals surface area contributed by atoms with E-state index in [2.05, 4.69) is 0 Å². The van der Waals surface area contributed by atoms with Gasteiger partial charge in [0, 0.05) is 17.3 Å². The number of urea groups is 1. The van der Waals surface area contributed by atoms with Gasteiger partial charge in [0.15, 0.2) is 0 Å². The van der Waals surface area contributed by atoms with Crippen LogP contribution in [0, 0.1) is 11.6 Å². The summed E-state index contributed by atoms with van der Waals surface area (Å²) in [5.74, 6) is -3.54. The smallest absolute Gasteiger partial charge is 0.369 e. The molecule has 30 heavy (non-hydrogen) atoms. The fourth-order valence-corrected chi connectivity index (χ4v) is 2.29. The van der Waals surface area contributed by atoms with E-state index in [0.717, 1.165) is 12.1 Å². The summed E-state index contributed by atoms with van der Waals surface area (Å²) < 4.78 is 103. The van der Waals surface area contributed by atoms with Gasteiger partial charge in [0.25, 0.3) is 11.5 Å². The molecule has 0 aliphatic heterocycles. The van der Waals surface area contributed by atoms with Crippen LogP contribution in [0.1, 0.15) is 15.9 Å². The van der Waals surface area contributed by atoms with E-state index < -0.39 is 52.7 Å². The Morgan fingerprint density at radius 3 is 1.83 bits per heavy atom. The maximum atomic E-state index is 13.5. The van der Waals surface area contributed by atoms with Crippen molar-refractivity contribution >= 4 is 17.6 Å². The molecule has 0 spiro atoms. The van der Waals surface area contributed by atoms with Crippen LogP contribution in [0.3, 0.4) is 0 Å². The average molecular weight is 442 g/mol. The summed E-state index contributed by atoms with van der Waals surface area (Å²) >= 11 is 0. The summed E-state index contributed by atoms with van der Waals surface area (Å²) in [4.78, 5) is 23.5. The summed E-state index contributed by atoms with van der Waals surface area (Å²) in [6.07, 6.45) is -12.2. The third kappa shape index (κ3) is 4.50. The summed E-state index contributed by atoms with van der Waals surface area (Å²) in [5, 5.41) is 12.8. The Balaban J connectivity index is 2.15. The van der Waals surface area contributed by atoms with Gasteiger partial charge in [0.05, 0.1) is 5.56 Å². The van der Waals surface area contributed by atoms with Crippen molar-refractivity contribution in [2.75, 3.05) is 5.32 Å². The summed E-state index contributed by atoms with van der Waals surface area (Å²) in [6.45, 7) is 0. The van der Waals surface area contributed by atoms with Gasteiger partial charge in [0.2, 0.25) is 0 Å². The molecule has 3 N–H and O–H groups in total. The van der Waals surface area contributed by atoms with Gasteiger partial charge in [-0.1, -0.05) is 12.1 Å². The van der Waals surface area contributed by atoms with Crippen LogP contribution in [-0.2, 0) is 5.60 Å². The molecule has 162 valence electrons. The first-order chi connectivity index (χ1) is 13.7. The number of hydrogen-bond acceptors (Lipinski definition) is 3. The highest BCUT2D eigenvalue weighted by Gasteiger charge is 2.71. The quantitative estimate of drug-likeness (QED) is 0.623. The van der Waals surface area contributed by atoms with Gasteiger partial charge in [0.1, 0.15) is 11.6 Å². The standard InChI is InChI=1S/C17H10F8N2O3/c18-9-3-6-11(12(19)7-9)13(28)27-14(29)26-10-4-1-8(2-5-10)15(30,16(20,21)22)17(23,24)25/h1-7,30H,(H2,26,27,28,29). The summed E-state index contributed by atoms with van der Waals surface area (Å²) in [5.41, 5.74) is -7.74. The summed E-state index contributed by atoms with van der Waals surface area (Å²) in [6, 6.07) is 2.34. The molecule has 0 heterocycles. The molecule has 0 saturated carbocycles. The van der Waals surface area contributed by atoms with Crippen molar-refractivity contribution < 1.29 is 49.8 Å². The number of alkyl halides is 6. The van der Waals surface area contributed by atoms with E-state index in [1.807, 2.05) is 5.32 Å². The highest BCUT2D eigenvalue weighted by molar-refractivity contribution is 6.08. The fraction of sp³-hybridized carbons (Fsp3) is 0.176. The van der Waals surface area contributed by atoms with E-state index >= 15 is 0 Å². The molecular weight excluding hydrogens is 432 g/mol. The van der Waals surface area contributed by atoms with Crippen molar-refractivity contribution in [1.82, 2.24) is 5.32 Å². The zero-order valence-corrected chi connectivity index (χ0v) is 14.3. The second kappa shape index (κ2) is 7.89. The lowest BCUT2D eigenvalue weighted by Gasteiger charge is -2.32. The third-order valence-corrected chi connectivity index (χ3v) is 3.78. The van der Waals surface area contributed by atoms with Crippen LogP contribution in [0.15, 0.2) is 42.5 Å². The highest BCUT2D eigenvalue weighted by Crippen LogP contribution is 2.50. The second-order valence-electron chi connectivity index (χ2n) is 5.82. The van der Waals surface area contributed by atoms with E-state index in [1.54, 1.807) is 5.32 Å². The van der Waals surface area contributed by atoms with Crippen molar-refractivity contribution in [2.24, 2.45) is 0 Å². The predicted octanol–water partition coefficient (Wildman–Crippen LogP) is 4.24. The Hall–Kier alpha value is -3.22. The number of carbonyl (C=O) groups is 2. The molecular formula is C17H10F8N2O3. The number of rotatable bonds is 3. The molecule has 5 nitrogen and oxygen atoms in total. The molecule has 0 aliphatic carbocycles. The zero-order chi connectivity index (χ0) is 22.9. The molecule has 0 bridgehead atoms. The Morgan fingerprint density at radius 2 is 1.37 bits per heavy atom. The largest absolute Gasteiger partial charge is 0.430 e. The number of hydrogen-bond donors (Lipinski definition) is 3. The molecule has 0 aliphatic rings. The van der Waals surface area contributed by atoms with E-state index in [-0.39, 0.29) is 17.8 Å². The van der Waals surface area contributed by atoms with Gasteiger partial charge in [-0.3, -0.25) is 10.1 Å². The molecule has 3 amide bonds. The molecule has 13 heteroatoms. The first-order valence-electron chi connectivity index (χ1n) is 7.70. The molecule has 0 aromatic heterocycles. The van der Waals surface area contributed by atoms with E-state index in [9.17, 15) is 49.8 Å². The monoisotopic (exact) mass is 442 g/mol. The average Bonchev–Trinajstić information content (AvgIpc) is 2.59. The predicted molar refractivity (Wildman–Crippen MR) is 85.3 cm³/mol. The number of benzene rings is 2. The van der Waals surface area contributed by atoms with Gasteiger partial charge >= 0.3 is 18.4 Å². The molecule has 0 fully saturated rings.